The summed E-state index contributed by atoms with van der Waals surface area (Å²) in [4.78, 5) is 8.08. The molecule has 5 aromatic rings. The quantitative estimate of drug-likeness (QED) is 0.223. The number of benzene rings is 2. The third kappa shape index (κ3) is 5.01. The topological polar surface area (TPSA) is 124 Å². The van der Waals surface area contributed by atoms with E-state index >= 15 is 0 Å². The van der Waals surface area contributed by atoms with E-state index < -0.39 is 59.6 Å². The minimum Gasteiger partial charge on any atom is -0.394 e. The lowest BCUT2D eigenvalue weighted by Crippen LogP contribution is -2.45. The summed E-state index contributed by atoms with van der Waals surface area (Å²) in [7, 11) is 0. The van der Waals surface area contributed by atoms with E-state index in [2.05, 4.69) is 25.4 Å². The lowest BCUT2D eigenvalue weighted by atomic mass is 9.95. The van der Waals surface area contributed by atoms with Crippen molar-refractivity contribution in [3.63, 3.8) is 0 Å². The normalized spacial score (nSPS) is 21.4. The Kier molecular flexibility index (Phi) is 6.99. The fourth-order valence-corrected chi connectivity index (χ4v) is 5.67. The second-order valence-corrected chi connectivity index (χ2v) is 10.6. The molecular formula is C25H19F6N7O3S. The van der Waals surface area contributed by atoms with Gasteiger partial charge in [-0.1, -0.05) is 5.21 Å². The molecule has 220 valence electrons. The molecule has 17 heteroatoms. The third-order valence-electron chi connectivity index (χ3n) is 6.76. The number of ether oxygens (including phenoxy) is 1. The predicted molar refractivity (Wildman–Crippen MR) is 134 cm³/mol. The zero-order chi connectivity index (χ0) is 29.9. The molecule has 1 aliphatic rings. The minimum absolute atomic E-state index is 0.00122. The highest BCUT2D eigenvalue weighted by molar-refractivity contribution is 7.18. The fraction of sp³-hybridized carbons (Fsp3) is 0.320. The van der Waals surface area contributed by atoms with Crippen LogP contribution in [-0.4, -0.2) is 63.8 Å². The maximum atomic E-state index is 13.8. The van der Waals surface area contributed by atoms with Gasteiger partial charge < -0.3 is 14.9 Å². The van der Waals surface area contributed by atoms with Crippen molar-refractivity contribution in [2.45, 2.75) is 43.9 Å². The van der Waals surface area contributed by atoms with Crippen LogP contribution in [0.4, 0.5) is 26.3 Å². The molecule has 4 heterocycles. The van der Waals surface area contributed by atoms with Crippen LogP contribution in [0.3, 0.4) is 0 Å². The molecule has 1 saturated heterocycles. The van der Waals surface area contributed by atoms with Crippen molar-refractivity contribution >= 4 is 21.6 Å². The van der Waals surface area contributed by atoms with Gasteiger partial charge in [0.25, 0.3) is 0 Å². The maximum Gasteiger partial charge on any atom is 0.443 e. The lowest BCUT2D eigenvalue weighted by molar-refractivity contribution is -0.161. The van der Waals surface area contributed by atoms with Gasteiger partial charge in [0.1, 0.15) is 29.8 Å². The Balaban J connectivity index is 1.34. The second-order valence-electron chi connectivity index (χ2n) is 9.57. The van der Waals surface area contributed by atoms with Crippen LogP contribution >= 0.6 is 11.3 Å². The highest BCUT2D eigenvalue weighted by Crippen LogP contribution is 2.39. The Labute approximate surface area is 235 Å². The van der Waals surface area contributed by atoms with Gasteiger partial charge in [-0.05, 0) is 37.3 Å². The molecule has 0 aliphatic carbocycles. The van der Waals surface area contributed by atoms with Crippen LogP contribution < -0.4 is 0 Å². The summed E-state index contributed by atoms with van der Waals surface area (Å²) in [5.74, 6) is -3.89. The molecule has 4 atom stereocenters. The van der Waals surface area contributed by atoms with Crippen LogP contribution in [0.2, 0.25) is 0 Å². The number of aromatic nitrogens is 7. The van der Waals surface area contributed by atoms with Crippen LogP contribution in [0.25, 0.3) is 27.2 Å². The number of nitrogens with zero attached hydrogens (tertiary/aromatic N) is 7. The first-order chi connectivity index (χ1) is 19.9. The average molecular weight is 612 g/mol. The molecule has 0 spiro atoms. The Bertz CT molecular complexity index is 1760. The van der Waals surface area contributed by atoms with Crippen molar-refractivity contribution in [2.24, 2.45) is 0 Å². The molecule has 4 unspecified atom stereocenters. The van der Waals surface area contributed by atoms with Crippen LogP contribution in [0.1, 0.15) is 35.2 Å². The number of aryl methyl sites for hydroxylation is 1. The summed E-state index contributed by atoms with van der Waals surface area (Å²) < 4.78 is 89.4. The number of aliphatic hydroxyl groups is 2. The summed E-state index contributed by atoms with van der Waals surface area (Å²) in [5.41, 5.74) is 0.455. The Hall–Kier alpha value is -3.93. The van der Waals surface area contributed by atoms with Crippen LogP contribution in [-0.2, 0) is 10.9 Å². The van der Waals surface area contributed by atoms with Crippen LogP contribution in [0.15, 0.2) is 36.5 Å². The van der Waals surface area contributed by atoms with E-state index in [1.807, 2.05) is 0 Å². The zero-order valence-electron chi connectivity index (χ0n) is 21.3. The molecule has 0 amide bonds. The number of aliphatic hydroxyl groups excluding tert-OH is 2. The monoisotopic (exact) mass is 611 g/mol. The Morgan fingerprint density at radius 1 is 1.10 bits per heavy atom. The number of hydrogen-bond acceptors (Lipinski definition) is 9. The van der Waals surface area contributed by atoms with Crippen molar-refractivity contribution in [1.29, 1.82) is 0 Å². The molecule has 1 fully saturated rings. The van der Waals surface area contributed by atoms with Gasteiger partial charge in [-0.2, -0.15) is 18.3 Å². The molecule has 3 aromatic heterocycles. The van der Waals surface area contributed by atoms with Crippen molar-refractivity contribution in [3.05, 3.63) is 70.6 Å². The van der Waals surface area contributed by atoms with Gasteiger partial charge >= 0.3 is 6.18 Å². The number of rotatable bonds is 5. The van der Waals surface area contributed by atoms with E-state index in [9.17, 15) is 36.6 Å². The highest BCUT2D eigenvalue weighted by atomic mass is 32.1. The summed E-state index contributed by atoms with van der Waals surface area (Å²) in [6.07, 6.45) is -6.58. The van der Waals surface area contributed by atoms with Crippen molar-refractivity contribution < 1.29 is 41.3 Å². The molecule has 2 aromatic carbocycles. The summed E-state index contributed by atoms with van der Waals surface area (Å²) in [6, 6.07) is 5.10. The van der Waals surface area contributed by atoms with Crippen LogP contribution in [0.5, 0.6) is 0 Å². The molecule has 6 rings (SSSR count). The van der Waals surface area contributed by atoms with Gasteiger partial charge in [-0.3, -0.25) is 0 Å². The SMILES string of the molecule is Cc1nc(C2CC(n3cc(-c4cc(F)c(F)c(F)c4)nn3)C(O)C(CO)O2)n(-c2ccc3nc(C(F)(F)F)sc3c2)n1. The minimum atomic E-state index is -4.59. The fourth-order valence-electron chi connectivity index (χ4n) is 4.81. The standard InChI is InChI=1S/C25H19F6N7O3S/c1-10-32-23(38(35-10)12-2-3-15-20(6-12)42-24(33-15)25(29,30)31)18-7-17(22(40)19(9-39)41-18)37-8-16(34-36-37)11-4-13(26)21(28)14(27)5-11/h2-6,8,17-19,22,39-40H,7,9H2,1H3. The third-order valence-corrected chi connectivity index (χ3v) is 7.83. The zero-order valence-corrected chi connectivity index (χ0v) is 22.1. The molecule has 10 nitrogen and oxygen atoms in total. The summed E-state index contributed by atoms with van der Waals surface area (Å²) in [5, 5.41) is 32.2. The molecule has 0 radical (unpaired) electrons. The predicted octanol–water partition coefficient (Wildman–Crippen LogP) is 4.30. The lowest BCUT2D eigenvalue weighted by Gasteiger charge is -2.38. The van der Waals surface area contributed by atoms with Gasteiger partial charge in [0.2, 0.25) is 0 Å². The Morgan fingerprint density at radius 3 is 2.52 bits per heavy atom. The summed E-state index contributed by atoms with van der Waals surface area (Å²) >= 11 is 0.485. The van der Waals surface area contributed by atoms with Crippen LogP contribution in [0, 0.1) is 24.4 Å². The largest absolute Gasteiger partial charge is 0.443 e. The van der Waals surface area contributed by atoms with Gasteiger partial charge in [-0.15, -0.1) is 16.4 Å². The van der Waals surface area contributed by atoms with Gasteiger partial charge in [0.15, 0.2) is 28.3 Å². The molecule has 0 bridgehead atoms. The van der Waals surface area contributed by atoms with E-state index in [-0.39, 0.29) is 33.7 Å². The first kappa shape index (κ1) is 28.2. The van der Waals surface area contributed by atoms with E-state index in [4.69, 9.17) is 4.74 Å². The number of thiazole rings is 1. The number of hydrogen-bond donors (Lipinski definition) is 2. The van der Waals surface area contributed by atoms with E-state index in [1.165, 1.54) is 33.8 Å². The number of fused-ring (bicyclic) bond motifs is 1. The van der Waals surface area contributed by atoms with E-state index in [0.717, 1.165) is 12.1 Å². The smallest absolute Gasteiger partial charge is 0.394 e. The number of halogens is 6. The first-order valence-electron chi connectivity index (χ1n) is 12.4. The Morgan fingerprint density at radius 2 is 1.83 bits per heavy atom. The molecule has 1 aliphatic heterocycles. The first-order valence-corrected chi connectivity index (χ1v) is 13.2. The molecule has 2 N–H and O–H groups in total. The molecule has 42 heavy (non-hydrogen) atoms. The maximum absolute atomic E-state index is 13.8. The number of alkyl halides is 3. The average Bonchev–Trinajstić information content (AvgIpc) is 3.69. The van der Waals surface area contributed by atoms with Crippen molar-refractivity contribution in [3.8, 4) is 16.9 Å². The summed E-state index contributed by atoms with van der Waals surface area (Å²) in [6.45, 7) is 1.01. The second kappa shape index (κ2) is 10.4. The highest BCUT2D eigenvalue weighted by Gasteiger charge is 2.42. The molecule has 0 saturated carbocycles. The van der Waals surface area contributed by atoms with Gasteiger partial charge in [0, 0.05) is 12.0 Å². The van der Waals surface area contributed by atoms with E-state index in [1.54, 1.807) is 6.92 Å². The van der Waals surface area contributed by atoms with Crippen molar-refractivity contribution in [1.82, 2.24) is 34.7 Å². The van der Waals surface area contributed by atoms with Gasteiger partial charge in [0.05, 0.1) is 34.7 Å². The molecular weight excluding hydrogens is 592 g/mol. The van der Waals surface area contributed by atoms with Crippen molar-refractivity contribution in [2.75, 3.05) is 6.61 Å². The van der Waals surface area contributed by atoms with E-state index in [0.29, 0.717) is 22.8 Å². The van der Waals surface area contributed by atoms with Gasteiger partial charge in [-0.25, -0.2) is 32.5 Å².